The highest BCUT2D eigenvalue weighted by atomic mass is 35.7. The van der Waals surface area contributed by atoms with Gasteiger partial charge < -0.3 is 9.32 Å². The Hall–Kier alpha value is -1.01. The molecule has 0 radical (unpaired) electrons. The second kappa shape index (κ2) is 5.77. The SMILES string of the molecule is Cc1oc(C(=O)N2CCCC(C)CC2)cc1S(=O)(=O)Cl. The molecule has 1 unspecified atom stereocenters. The Morgan fingerprint density at radius 2 is 2.10 bits per heavy atom. The quantitative estimate of drug-likeness (QED) is 0.786. The summed E-state index contributed by atoms with van der Waals surface area (Å²) >= 11 is 0. The second-order valence-electron chi connectivity index (χ2n) is 5.30. The minimum atomic E-state index is -3.89. The van der Waals surface area contributed by atoms with Gasteiger partial charge in [0.05, 0.1) is 0 Å². The fraction of sp³-hybridized carbons (Fsp3) is 0.615. The maximum Gasteiger partial charge on any atom is 0.289 e. The normalized spacial score (nSPS) is 20.8. The number of rotatable bonds is 2. The van der Waals surface area contributed by atoms with Gasteiger partial charge in [-0.1, -0.05) is 6.92 Å². The van der Waals surface area contributed by atoms with Gasteiger partial charge in [0, 0.05) is 29.8 Å². The molecule has 0 aromatic carbocycles. The number of amides is 1. The molecule has 2 heterocycles. The molecular formula is C13H18ClNO4S. The molecule has 1 aliphatic rings. The highest BCUT2D eigenvalue weighted by molar-refractivity contribution is 8.13. The van der Waals surface area contributed by atoms with E-state index in [1.807, 2.05) is 0 Å². The largest absolute Gasteiger partial charge is 0.455 e. The summed E-state index contributed by atoms with van der Waals surface area (Å²) in [6.07, 6.45) is 3.00. The number of nitrogens with zero attached hydrogens (tertiary/aromatic N) is 1. The Morgan fingerprint density at radius 3 is 2.70 bits per heavy atom. The van der Waals surface area contributed by atoms with Crippen molar-refractivity contribution >= 4 is 25.6 Å². The molecule has 20 heavy (non-hydrogen) atoms. The number of carbonyl (C=O) groups is 1. The van der Waals surface area contributed by atoms with Crippen LogP contribution in [0.1, 0.15) is 42.5 Å². The molecule has 1 atom stereocenters. The first kappa shape index (κ1) is 15.4. The van der Waals surface area contributed by atoms with E-state index in [-0.39, 0.29) is 22.3 Å². The molecule has 7 heteroatoms. The number of likely N-dealkylation sites (tertiary alicyclic amines) is 1. The minimum Gasteiger partial charge on any atom is -0.455 e. The summed E-state index contributed by atoms with van der Waals surface area (Å²) in [5, 5.41) is 0. The van der Waals surface area contributed by atoms with Crippen molar-refractivity contribution in [2.45, 2.75) is 38.0 Å². The molecular weight excluding hydrogens is 302 g/mol. The Labute approximate surface area is 123 Å². The maximum absolute atomic E-state index is 12.3. The first-order valence-corrected chi connectivity index (χ1v) is 8.94. The van der Waals surface area contributed by atoms with Crippen LogP contribution < -0.4 is 0 Å². The monoisotopic (exact) mass is 319 g/mol. The van der Waals surface area contributed by atoms with Crippen LogP contribution in [0.3, 0.4) is 0 Å². The van der Waals surface area contributed by atoms with Crippen LogP contribution in [-0.4, -0.2) is 32.3 Å². The van der Waals surface area contributed by atoms with Gasteiger partial charge in [-0.15, -0.1) is 0 Å². The van der Waals surface area contributed by atoms with E-state index in [2.05, 4.69) is 6.92 Å². The van der Waals surface area contributed by atoms with E-state index in [1.165, 1.54) is 13.0 Å². The zero-order valence-electron chi connectivity index (χ0n) is 11.6. The van der Waals surface area contributed by atoms with Gasteiger partial charge >= 0.3 is 0 Å². The lowest BCUT2D eigenvalue weighted by Gasteiger charge is -2.18. The highest BCUT2D eigenvalue weighted by Crippen LogP contribution is 2.25. The molecule has 1 saturated heterocycles. The van der Waals surface area contributed by atoms with Crippen LogP contribution in [0.5, 0.6) is 0 Å². The van der Waals surface area contributed by atoms with Gasteiger partial charge in [0.15, 0.2) is 5.76 Å². The van der Waals surface area contributed by atoms with E-state index >= 15 is 0 Å². The van der Waals surface area contributed by atoms with Crippen molar-refractivity contribution in [2.24, 2.45) is 5.92 Å². The molecule has 1 aliphatic heterocycles. The molecule has 1 aromatic rings. The van der Waals surface area contributed by atoms with E-state index < -0.39 is 9.05 Å². The number of aryl methyl sites for hydroxylation is 1. The molecule has 1 fully saturated rings. The van der Waals surface area contributed by atoms with E-state index in [4.69, 9.17) is 15.1 Å². The molecule has 0 spiro atoms. The van der Waals surface area contributed by atoms with E-state index in [0.717, 1.165) is 19.3 Å². The summed E-state index contributed by atoms with van der Waals surface area (Å²) < 4.78 is 28.0. The summed E-state index contributed by atoms with van der Waals surface area (Å²) in [5.41, 5.74) is 0. The lowest BCUT2D eigenvalue weighted by atomic mass is 10.0. The molecule has 1 aromatic heterocycles. The van der Waals surface area contributed by atoms with Crippen LogP contribution in [0.25, 0.3) is 0 Å². The van der Waals surface area contributed by atoms with Crippen molar-refractivity contribution in [3.05, 3.63) is 17.6 Å². The third-order valence-corrected chi connectivity index (χ3v) is 5.08. The lowest BCUT2D eigenvalue weighted by molar-refractivity contribution is 0.0727. The third-order valence-electron chi connectivity index (χ3n) is 3.65. The summed E-state index contributed by atoms with van der Waals surface area (Å²) in [6, 6.07) is 1.22. The van der Waals surface area contributed by atoms with Gasteiger partial charge in [-0.05, 0) is 32.1 Å². The van der Waals surface area contributed by atoms with E-state index in [0.29, 0.717) is 19.0 Å². The molecule has 2 rings (SSSR count). The van der Waals surface area contributed by atoms with Crippen molar-refractivity contribution in [1.82, 2.24) is 4.90 Å². The smallest absolute Gasteiger partial charge is 0.289 e. The summed E-state index contributed by atoms with van der Waals surface area (Å²) in [7, 11) is 1.42. The number of carbonyl (C=O) groups excluding carboxylic acids is 1. The van der Waals surface area contributed by atoms with Crippen molar-refractivity contribution in [3.8, 4) is 0 Å². The zero-order valence-corrected chi connectivity index (χ0v) is 13.1. The zero-order chi connectivity index (χ0) is 14.9. The van der Waals surface area contributed by atoms with Crippen LogP contribution >= 0.6 is 10.7 Å². The predicted molar refractivity (Wildman–Crippen MR) is 75.4 cm³/mol. The van der Waals surface area contributed by atoms with Gasteiger partial charge in [-0.3, -0.25) is 4.79 Å². The van der Waals surface area contributed by atoms with Gasteiger partial charge in [0.25, 0.3) is 15.0 Å². The molecule has 1 amide bonds. The van der Waals surface area contributed by atoms with Crippen molar-refractivity contribution in [1.29, 1.82) is 0 Å². The lowest BCUT2D eigenvalue weighted by Crippen LogP contribution is -2.31. The fourth-order valence-electron chi connectivity index (χ4n) is 2.43. The Morgan fingerprint density at radius 1 is 1.40 bits per heavy atom. The van der Waals surface area contributed by atoms with Gasteiger partial charge in [0.2, 0.25) is 0 Å². The van der Waals surface area contributed by atoms with E-state index in [9.17, 15) is 13.2 Å². The molecule has 5 nitrogen and oxygen atoms in total. The standard InChI is InChI=1S/C13H18ClNO4S/c1-9-4-3-6-15(7-5-9)13(16)11-8-12(10(2)19-11)20(14,17)18/h8-9H,3-7H2,1-2H3. The summed E-state index contributed by atoms with van der Waals surface area (Å²) in [5.74, 6) is 0.515. The fourth-order valence-corrected chi connectivity index (χ4v) is 3.53. The highest BCUT2D eigenvalue weighted by Gasteiger charge is 2.26. The van der Waals surface area contributed by atoms with Crippen LogP contribution in [0.15, 0.2) is 15.4 Å². The van der Waals surface area contributed by atoms with Gasteiger partial charge in [-0.25, -0.2) is 8.42 Å². The van der Waals surface area contributed by atoms with Gasteiger partial charge in [0.1, 0.15) is 10.7 Å². The van der Waals surface area contributed by atoms with Crippen molar-refractivity contribution in [3.63, 3.8) is 0 Å². The topological polar surface area (TPSA) is 67.6 Å². The third kappa shape index (κ3) is 3.35. The molecule has 0 saturated carbocycles. The maximum atomic E-state index is 12.3. The first-order chi connectivity index (χ1) is 9.29. The number of hydrogen-bond acceptors (Lipinski definition) is 4. The molecule has 112 valence electrons. The predicted octanol–water partition coefficient (Wildman–Crippen LogP) is 2.78. The molecule has 0 N–H and O–H groups in total. The van der Waals surface area contributed by atoms with Crippen LogP contribution in [0.4, 0.5) is 0 Å². The van der Waals surface area contributed by atoms with Crippen molar-refractivity contribution < 1.29 is 17.6 Å². The molecule has 0 aliphatic carbocycles. The van der Waals surface area contributed by atoms with Crippen LogP contribution in [-0.2, 0) is 9.05 Å². The Bertz CT molecular complexity index is 608. The summed E-state index contributed by atoms with van der Waals surface area (Å²) in [6.45, 7) is 4.99. The average molecular weight is 320 g/mol. The minimum absolute atomic E-state index is 0.0382. The first-order valence-electron chi connectivity index (χ1n) is 6.63. The number of furan rings is 1. The van der Waals surface area contributed by atoms with Crippen LogP contribution in [0, 0.1) is 12.8 Å². The van der Waals surface area contributed by atoms with Crippen molar-refractivity contribution in [2.75, 3.05) is 13.1 Å². The second-order valence-corrected chi connectivity index (χ2v) is 7.83. The average Bonchev–Trinajstić information content (AvgIpc) is 2.61. The Balaban J connectivity index is 2.21. The number of hydrogen-bond donors (Lipinski definition) is 0. The van der Waals surface area contributed by atoms with E-state index in [1.54, 1.807) is 4.90 Å². The summed E-state index contributed by atoms with van der Waals surface area (Å²) in [4.78, 5) is 13.9. The van der Waals surface area contributed by atoms with Crippen LogP contribution in [0.2, 0.25) is 0 Å². The molecule has 0 bridgehead atoms. The van der Waals surface area contributed by atoms with Gasteiger partial charge in [-0.2, -0.15) is 0 Å². The number of halogens is 1. The Kier molecular flexibility index (Phi) is 4.44.